The highest BCUT2D eigenvalue weighted by Gasteiger charge is 2.35. The smallest absolute Gasteiger partial charge is 0.183 e. The number of H-pyrrole nitrogens is 1. The fourth-order valence-electron chi connectivity index (χ4n) is 2.74. The van der Waals surface area contributed by atoms with Gasteiger partial charge in [0.2, 0.25) is 0 Å². The van der Waals surface area contributed by atoms with E-state index in [2.05, 4.69) is 32.2 Å². The van der Waals surface area contributed by atoms with Crippen LogP contribution in [0.25, 0.3) is 11.2 Å². The molecule has 0 aromatic carbocycles. The van der Waals surface area contributed by atoms with E-state index < -0.39 is 0 Å². The van der Waals surface area contributed by atoms with E-state index in [9.17, 15) is 0 Å². The molecule has 1 fully saturated rings. The quantitative estimate of drug-likeness (QED) is 0.734. The molecule has 0 saturated carbocycles. The van der Waals surface area contributed by atoms with Crippen LogP contribution in [0.4, 0.5) is 5.82 Å². The van der Waals surface area contributed by atoms with Crippen LogP contribution in [0.15, 0.2) is 6.33 Å². The third kappa shape index (κ3) is 1.64. The van der Waals surface area contributed by atoms with Gasteiger partial charge in [-0.2, -0.15) is 0 Å². The first-order valence-corrected chi connectivity index (χ1v) is 6.42. The van der Waals surface area contributed by atoms with Gasteiger partial charge < -0.3 is 16.0 Å². The van der Waals surface area contributed by atoms with E-state index in [0.717, 1.165) is 37.3 Å². The molecule has 0 radical (unpaired) electrons. The number of nitrogens with zero attached hydrogens (tertiary/aromatic N) is 3. The van der Waals surface area contributed by atoms with Gasteiger partial charge in [0, 0.05) is 12.0 Å². The molecule has 0 bridgehead atoms. The summed E-state index contributed by atoms with van der Waals surface area (Å²) in [4.78, 5) is 16.1. The maximum Gasteiger partial charge on any atom is 0.183 e. The first-order chi connectivity index (χ1) is 8.75. The van der Waals surface area contributed by atoms with Crippen LogP contribution in [0.1, 0.15) is 32.0 Å². The van der Waals surface area contributed by atoms with Crippen LogP contribution in [0.5, 0.6) is 0 Å². The van der Waals surface area contributed by atoms with Gasteiger partial charge in [-0.15, -0.1) is 0 Å². The van der Waals surface area contributed by atoms with Gasteiger partial charge in [0.25, 0.3) is 0 Å². The lowest BCUT2D eigenvalue weighted by molar-refractivity contribution is 0.290. The van der Waals surface area contributed by atoms with Crippen molar-refractivity contribution in [1.29, 1.82) is 0 Å². The zero-order chi connectivity index (χ0) is 12.6. The van der Waals surface area contributed by atoms with Gasteiger partial charge in [0.15, 0.2) is 11.5 Å². The molecule has 6 heteroatoms. The van der Waals surface area contributed by atoms with Gasteiger partial charge in [0.05, 0.1) is 0 Å². The molecule has 1 unspecified atom stereocenters. The summed E-state index contributed by atoms with van der Waals surface area (Å²) < 4.78 is 0. The normalized spacial score (nSPS) is 24.5. The summed E-state index contributed by atoms with van der Waals surface area (Å²) in [6.07, 6.45) is 4.82. The summed E-state index contributed by atoms with van der Waals surface area (Å²) in [5.41, 5.74) is 7.34. The second kappa shape index (κ2) is 4.20. The Morgan fingerprint density at radius 1 is 1.44 bits per heavy atom. The van der Waals surface area contributed by atoms with Crippen LogP contribution in [0.2, 0.25) is 0 Å². The second-order valence-corrected chi connectivity index (χ2v) is 4.96. The number of aromatic nitrogens is 4. The summed E-state index contributed by atoms with van der Waals surface area (Å²) >= 11 is 0. The molecule has 2 aromatic heterocycles. The first-order valence-electron chi connectivity index (χ1n) is 6.42. The molecule has 3 heterocycles. The summed E-state index contributed by atoms with van der Waals surface area (Å²) in [7, 11) is 0. The lowest BCUT2D eigenvalue weighted by Gasteiger charge is -2.35. The van der Waals surface area contributed by atoms with Crippen molar-refractivity contribution in [3.8, 4) is 0 Å². The first kappa shape index (κ1) is 11.4. The Morgan fingerprint density at radius 3 is 3.00 bits per heavy atom. The van der Waals surface area contributed by atoms with Crippen molar-refractivity contribution in [3.05, 3.63) is 12.2 Å². The van der Waals surface area contributed by atoms with Gasteiger partial charge in [-0.05, 0) is 25.8 Å². The minimum Gasteiger partial charge on any atom is -0.382 e. The van der Waals surface area contributed by atoms with Gasteiger partial charge in [0.1, 0.15) is 17.7 Å². The van der Waals surface area contributed by atoms with Crippen molar-refractivity contribution >= 4 is 17.0 Å². The van der Waals surface area contributed by atoms with E-state index in [1.165, 1.54) is 12.7 Å². The third-order valence-corrected chi connectivity index (χ3v) is 3.97. The molecular formula is C12H18N6. The summed E-state index contributed by atoms with van der Waals surface area (Å²) in [5.74, 6) is 1.45. The van der Waals surface area contributed by atoms with Crippen LogP contribution >= 0.6 is 0 Å². The molecule has 6 nitrogen and oxygen atoms in total. The molecule has 0 spiro atoms. The third-order valence-electron chi connectivity index (χ3n) is 3.97. The van der Waals surface area contributed by atoms with Crippen molar-refractivity contribution in [2.24, 2.45) is 0 Å². The molecule has 1 atom stereocenters. The largest absolute Gasteiger partial charge is 0.382 e. The van der Waals surface area contributed by atoms with E-state index in [4.69, 9.17) is 5.73 Å². The Balaban J connectivity index is 2.09. The molecule has 0 aliphatic carbocycles. The molecule has 4 N–H and O–H groups in total. The van der Waals surface area contributed by atoms with Crippen LogP contribution in [-0.4, -0.2) is 33.0 Å². The number of nitrogen functional groups attached to an aromatic ring is 1. The number of hydrogen-bond acceptors (Lipinski definition) is 5. The lowest BCUT2D eigenvalue weighted by Crippen LogP contribution is -2.43. The number of aromatic amines is 1. The predicted molar refractivity (Wildman–Crippen MR) is 70.2 cm³/mol. The van der Waals surface area contributed by atoms with Crippen molar-refractivity contribution in [2.75, 3.05) is 18.8 Å². The van der Waals surface area contributed by atoms with E-state index in [0.29, 0.717) is 11.5 Å². The van der Waals surface area contributed by atoms with E-state index in [1.54, 1.807) is 0 Å². The molecule has 96 valence electrons. The fourth-order valence-corrected chi connectivity index (χ4v) is 2.74. The monoisotopic (exact) mass is 246 g/mol. The van der Waals surface area contributed by atoms with E-state index in [-0.39, 0.29) is 5.41 Å². The number of piperidine rings is 1. The zero-order valence-corrected chi connectivity index (χ0v) is 10.5. The molecule has 18 heavy (non-hydrogen) atoms. The average Bonchev–Trinajstić information content (AvgIpc) is 2.85. The fraction of sp³-hybridized carbons (Fsp3) is 0.583. The summed E-state index contributed by atoms with van der Waals surface area (Å²) in [6.45, 7) is 4.25. The molecule has 2 aromatic rings. The maximum atomic E-state index is 5.85. The Kier molecular flexibility index (Phi) is 2.66. The van der Waals surface area contributed by atoms with Crippen LogP contribution in [-0.2, 0) is 5.41 Å². The highest BCUT2D eigenvalue weighted by atomic mass is 15.1. The molecule has 0 amide bonds. The predicted octanol–water partition coefficient (Wildman–Crippen LogP) is 0.966. The Hall–Kier alpha value is -1.69. The van der Waals surface area contributed by atoms with Crippen LogP contribution in [0, 0.1) is 0 Å². The molecule has 1 aliphatic heterocycles. The summed E-state index contributed by atoms with van der Waals surface area (Å²) in [5, 5.41) is 3.46. The topological polar surface area (TPSA) is 92.5 Å². The minimum atomic E-state index is 0.0748. The highest BCUT2D eigenvalue weighted by Crippen LogP contribution is 2.33. The van der Waals surface area contributed by atoms with Crippen molar-refractivity contribution in [1.82, 2.24) is 25.3 Å². The molecule has 3 rings (SSSR count). The number of rotatable bonds is 2. The Labute approximate surface area is 105 Å². The van der Waals surface area contributed by atoms with E-state index >= 15 is 0 Å². The number of fused-ring (bicyclic) bond motifs is 1. The van der Waals surface area contributed by atoms with Crippen molar-refractivity contribution in [2.45, 2.75) is 31.6 Å². The van der Waals surface area contributed by atoms with Gasteiger partial charge in [-0.1, -0.05) is 6.92 Å². The second-order valence-electron chi connectivity index (χ2n) is 4.96. The van der Waals surface area contributed by atoms with E-state index in [1.807, 2.05) is 0 Å². The standard InChI is InChI=1S/C12H18N6/c1-2-12(4-3-5-14-6-12)11-17-8-9(13)15-7-16-10(8)18-11/h7,14H,2-6H2,1H3,(H3,13,15,16,17,18). The summed E-state index contributed by atoms with van der Waals surface area (Å²) in [6, 6.07) is 0. The lowest BCUT2D eigenvalue weighted by atomic mass is 9.77. The zero-order valence-electron chi connectivity index (χ0n) is 10.5. The van der Waals surface area contributed by atoms with Gasteiger partial charge in [-0.3, -0.25) is 0 Å². The van der Waals surface area contributed by atoms with Gasteiger partial charge >= 0.3 is 0 Å². The van der Waals surface area contributed by atoms with Gasteiger partial charge in [-0.25, -0.2) is 15.0 Å². The molecule has 1 aliphatic rings. The number of nitrogens with one attached hydrogen (secondary N) is 2. The maximum absolute atomic E-state index is 5.85. The Morgan fingerprint density at radius 2 is 2.33 bits per heavy atom. The molecule has 1 saturated heterocycles. The molecular weight excluding hydrogens is 228 g/mol. The Bertz CT molecular complexity index is 555. The minimum absolute atomic E-state index is 0.0748. The van der Waals surface area contributed by atoms with Crippen molar-refractivity contribution in [3.63, 3.8) is 0 Å². The number of hydrogen-bond donors (Lipinski definition) is 3. The average molecular weight is 246 g/mol. The SMILES string of the molecule is CCC1(c2nc3ncnc(N)c3[nH]2)CCCNC1. The highest BCUT2D eigenvalue weighted by molar-refractivity contribution is 5.81. The number of imidazole rings is 1. The van der Waals surface area contributed by atoms with Crippen LogP contribution in [0.3, 0.4) is 0 Å². The van der Waals surface area contributed by atoms with Crippen molar-refractivity contribution < 1.29 is 0 Å². The number of anilines is 1. The number of nitrogens with two attached hydrogens (primary N) is 1. The van der Waals surface area contributed by atoms with Crippen LogP contribution < -0.4 is 11.1 Å².